The number of benzene rings is 4. The molecule has 0 radical (unpaired) electrons. The van der Waals surface area contributed by atoms with Crippen molar-refractivity contribution in [2.75, 3.05) is 4.90 Å². The lowest BCUT2D eigenvalue weighted by Crippen LogP contribution is -2.33. The first kappa shape index (κ1) is 25.7. The summed E-state index contributed by atoms with van der Waals surface area (Å²) < 4.78 is 6.47. The Morgan fingerprint density at radius 3 is 2.28 bits per heavy atom. The van der Waals surface area contributed by atoms with Crippen LogP contribution in [0.25, 0.3) is 6.08 Å². The highest BCUT2D eigenvalue weighted by molar-refractivity contribution is 6.03. The molecule has 1 aliphatic rings. The SMILES string of the molecule is Cc1cc2c(cc1N=C(N)N(c1ccccc1)c1ccc([N+](=O)[O-])cc1)C=CC(C)(CCc1ccccc1)O2. The van der Waals surface area contributed by atoms with Gasteiger partial charge in [0.1, 0.15) is 11.4 Å². The summed E-state index contributed by atoms with van der Waals surface area (Å²) in [7, 11) is 0. The van der Waals surface area contributed by atoms with E-state index in [0.717, 1.165) is 41.1 Å². The molecule has 0 aromatic heterocycles. The smallest absolute Gasteiger partial charge is 0.269 e. The summed E-state index contributed by atoms with van der Waals surface area (Å²) in [5, 5.41) is 11.2. The van der Waals surface area contributed by atoms with E-state index in [4.69, 9.17) is 15.5 Å². The number of nitrogens with two attached hydrogens (primary N) is 1. The van der Waals surface area contributed by atoms with E-state index in [1.165, 1.54) is 17.7 Å². The van der Waals surface area contributed by atoms with Crippen LogP contribution >= 0.6 is 0 Å². The molecule has 39 heavy (non-hydrogen) atoms. The van der Waals surface area contributed by atoms with Crippen molar-refractivity contribution < 1.29 is 9.66 Å². The van der Waals surface area contributed by atoms with E-state index in [2.05, 4.69) is 43.3 Å². The fourth-order valence-electron chi connectivity index (χ4n) is 4.64. The van der Waals surface area contributed by atoms with Gasteiger partial charge in [-0.3, -0.25) is 15.0 Å². The van der Waals surface area contributed by atoms with Crippen LogP contribution in [0.2, 0.25) is 0 Å². The van der Waals surface area contributed by atoms with Crippen molar-refractivity contribution in [2.45, 2.75) is 32.3 Å². The van der Waals surface area contributed by atoms with E-state index in [0.29, 0.717) is 5.69 Å². The zero-order valence-electron chi connectivity index (χ0n) is 22.0. The van der Waals surface area contributed by atoms with Crippen LogP contribution in [0.3, 0.4) is 0 Å². The van der Waals surface area contributed by atoms with Crippen molar-refractivity contribution in [2.24, 2.45) is 10.7 Å². The molecule has 1 unspecified atom stereocenters. The van der Waals surface area contributed by atoms with Gasteiger partial charge in [-0.25, -0.2) is 4.99 Å². The Kier molecular flexibility index (Phi) is 7.14. The van der Waals surface area contributed by atoms with Crippen LogP contribution in [0, 0.1) is 17.0 Å². The number of nitro benzene ring substituents is 1. The normalized spacial score (nSPS) is 16.3. The number of aliphatic imine (C=N–C) groups is 1. The molecule has 0 amide bonds. The van der Waals surface area contributed by atoms with Gasteiger partial charge in [0.2, 0.25) is 5.96 Å². The van der Waals surface area contributed by atoms with Crippen LogP contribution in [-0.4, -0.2) is 16.5 Å². The lowest BCUT2D eigenvalue weighted by atomic mass is 9.92. The summed E-state index contributed by atoms with van der Waals surface area (Å²) in [5.41, 5.74) is 11.5. The van der Waals surface area contributed by atoms with Crippen molar-refractivity contribution in [1.82, 2.24) is 0 Å². The minimum atomic E-state index is -0.424. The maximum atomic E-state index is 11.2. The molecule has 1 aliphatic heterocycles. The molecule has 0 aliphatic carbocycles. The first-order chi connectivity index (χ1) is 18.8. The number of rotatable bonds is 7. The Balaban J connectivity index is 1.43. The number of guanidine groups is 1. The summed E-state index contributed by atoms with van der Waals surface area (Å²) in [5.74, 6) is 1.06. The molecule has 2 N–H and O–H groups in total. The summed E-state index contributed by atoms with van der Waals surface area (Å²) in [6, 6.07) is 30.2. The van der Waals surface area contributed by atoms with Gasteiger partial charge in [0.15, 0.2) is 0 Å². The fourth-order valence-corrected chi connectivity index (χ4v) is 4.64. The maximum Gasteiger partial charge on any atom is 0.269 e. The van der Waals surface area contributed by atoms with Crippen LogP contribution in [-0.2, 0) is 6.42 Å². The highest BCUT2D eigenvalue weighted by Crippen LogP contribution is 2.38. The molecule has 0 fully saturated rings. The van der Waals surface area contributed by atoms with Gasteiger partial charge in [0.25, 0.3) is 5.69 Å². The molecule has 0 saturated carbocycles. The lowest BCUT2D eigenvalue weighted by Gasteiger charge is -2.32. The largest absolute Gasteiger partial charge is 0.483 e. The average molecular weight is 519 g/mol. The third-order valence-corrected chi connectivity index (χ3v) is 6.84. The third kappa shape index (κ3) is 5.83. The molecular weight excluding hydrogens is 488 g/mol. The highest BCUT2D eigenvalue weighted by atomic mass is 16.6. The summed E-state index contributed by atoms with van der Waals surface area (Å²) in [6.07, 6.45) is 5.98. The minimum absolute atomic E-state index is 0.00959. The standard InChI is InChI=1S/C32H30N4O3/c1-23-21-30-25(18-20-32(2,39-30)19-17-24-9-5-3-6-10-24)22-29(23)34-31(33)35(26-11-7-4-8-12-26)27-13-15-28(16-14-27)36(37)38/h3-16,18,20-22H,17,19H2,1-2H3,(H2,33,34). The first-order valence-electron chi connectivity index (χ1n) is 12.8. The predicted molar refractivity (Wildman–Crippen MR) is 157 cm³/mol. The molecular formula is C32H30N4O3. The number of nitro groups is 1. The Bertz CT molecular complexity index is 1530. The zero-order valence-corrected chi connectivity index (χ0v) is 22.0. The summed E-state index contributed by atoms with van der Waals surface area (Å²) in [4.78, 5) is 17.3. The predicted octanol–water partition coefficient (Wildman–Crippen LogP) is 7.48. The Labute approximate surface area is 228 Å². The van der Waals surface area contributed by atoms with E-state index in [9.17, 15) is 10.1 Å². The van der Waals surface area contributed by atoms with E-state index in [1.807, 2.05) is 55.5 Å². The van der Waals surface area contributed by atoms with Gasteiger partial charge in [-0.05, 0) is 80.3 Å². The number of hydrogen-bond donors (Lipinski definition) is 1. The van der Waals surface area contributed by atoms with Crippen LogP contribution in [0.4, 0.5) is 22.7 Å². The molecule has 5 rings (SSSR count). The number of nitrogens with zero attached hydrogens (tertiary/aromatic N) is 3. The topological polar surface area (TPSA) is 94.0 Å². The molecule has 4 aromatic rings. The Morgan fingerprint density at radius 2 is 1.62 bits per heavy atom. The number of hydrogen-bond acceptors (Lipinski definition) is 4. The number of non-ortho nitro benzene ring substituents is 1. The molecule has 196 valence electrons. The van der Waals surface area contributed by atoms with Crippen molar-refractivity contribution >= 4 is 34.8 Å². The average Bonchev–Trinajstić information content (AvgIpc) is 2.94. The van der Waals surface area contributed by atoms with Crippen molar-refractivity contribution in [1.29, 1.82) is 0 Å². The Hall–Kier alpha value is -4.91. The van der Waals surface area contributed by atoms with E-state index < -0.39 is 10.5 Å². The molecule has 7 nitrogen and oxygen atoms in total. The van der Waals surface area contributed by atoms with Crippen molar-refractivity contribution in [3.63, 3.8) is 0 Å². The minimum Gasteiger partial charge on any atom is -0.483 e. The number of aryl methyl sites for hydroxylation is 2. The molecule has 0 bridgehead atoms. The number of fused-ring (bicyclic) bond motifs is 1. The van der Waals surface area contributed by atoms with Gasteiger partial charge in [-0.2, -0.15) is 0 Å². The summed E-state index contributed by atoms with van der Waals surface area (Å²) >= 11 is 0. The first-order valence-corrected chi connectivity index (χ1v) is 12.8. The van der Waals surface area contributed by atoms with Gasteiger partial charge in [-0.1, -0.05) is 54.6 Å². The highest BCUT2D eigenvalue weighted by Gasteiger charge is 2.28. The number of para-hydroxylation sites is 1. The van der Waals surface area contributed by atoms with Gasteiger partial charge >= 0.3 is 0 Å². The van der Waals surface area contributed by atoms with E-state index >= 15 is 0 Å². The molecule has 7 heteroatoms. The van der Waals surface area contributed by atoms with Crippen molar-refractivity contribution in [3.8, 4) is 5.75 Å². The van der Waals surface area contributed by atoms with Gasteiger partial charge in [0.05, 0.1) is 10.6 Å². The maximum absolute atomic E-state index is 11.2. The van der Waals surface area contributed by atoms with E-state index in [-0.39, 0.29) is 11.6 Å². The second kappa shape index (κ2) is 10.8. The molecule has 1 heterocycles. The summed E-state index contributed by atoms with van der Waals surface area (Å²) in [6.45, 7) is 4.09. The van der Waals surface area contributed by atoms with Crippen LogP contribution in [0.1, 0.15) is 30.0 Å². The van der Waals surface area contributed by atoms with Gasteiger partial charge in [-0.15, -0.1) is 0 Å². The molecule has 4 aromatic carbocycles. The van der Waals surface area contributed by atoms with Crippen LogP contribution in [0.5, 0.6) is 5.75 Å². The third-order valence-electron chi connectivity index (χ3n) is 6.84. The van der Waals surface area contributed by atoms with Crippen molar-refractivity contribution in [3.05, 3.63) is 130 Å². The zero-order chi connectivity index (χ0) is 27.4. The fraction of sp³-hybridized carbons (Fsp3) is 0.156. The van der Waals surface area contributed by atoms with Crippen LogP contribution in [0.15, 0.2) is 108 Å². The molecule has 0 saturated heterocycles. The Morgan fingerprint density at radius 1 is 0.974 bits per heavy atom. The quantitative estimate of drug-likeness (QED) is 0.118. The monoisotopic (exact) mass is 518 g/mol. The van der Waals surface area contributed by atoms with Crippen LogP contribution < -0.4 is 15.4 Å². The number of ether oxygens (including phenoxy) is 1. The molecule has 1 atom stereocenters. The lowest BCUT2D eigenvalue weighted by molar-refractivity contribution is -0.384. The van der Waals surface area contributed by atoms with Gasteiger partial charge < -0.3 is 10.5 Å². The molecule has 0 spiro atoms. The van der Waals surface area contributed by atoms with Gasteiger partial charge in [0, 0.05) is 29.1 Å². The second-order valence-corrected chi connectivity index (χ2v) is 9.82. The second-order valence-electron chi connectivity index (χ2n) is 9.82. The number of anilines is 2. The van der Waals surface area contributed by atoms with E-state index in [1.54, 1.807) is 17.0 Å².